The fourth-order valence-electron chi connectivity index (χ4n) is 1.20. The van der Waals surface area contributed by atoms with Gasteiger partial charge in [-0.15, -0.1) is 0 Å². The molecule has 0 aliphatic heterocycles. The van der Waals surface area contributed by atoms with Crippen molar-refractivity contribution < 1.29 is 8.42 Å². The van der Waals surface area contributed by atoms with Gasteiger partial charge in [0.15, 0.2) is 5.03 Å². The zero-order valence-electron chi connectivity index (χ0n) is 10.7. The van der Waals surface area contributed by atoms with Gasteiger partial charge in [0.25, 0.3) is 10.0 Å². The Hall–Kier alpha value is -1.22. The minimum Gasteiger partial charge on any atom is -0.321 e. The van der Waals surface area contributed by atoms with E-state index in [1.54, 1.807) is 12.1 Å². The summed E-state index contributed by atoms with van der Waals surface area (Å²) >= 11 is 0. The van der Waals surface area contributed by atoms with Crippen LogP contribution in [0.4, 0.5) is 5.69 Å². The normalized spacial score (nSPS) is 13.6. The second-order valence-electron chi connectivity index (χ2n) is 4.16. The Kier molecular flexibility index (Phi) is 5.03. The molecular formula is C10H19N5O2S. The van der Waals surface area contributed by atoms with Crippen molar-refractivity contribution in [2.24, 2.45) is 5.84 Å². The molecule has 0 aromatic carbocycles. The van der Waals surface area contributed by atoms with Crippen LogP contribution in [0.1, 0.15) is 6.92 Å². The number of nitrogens with zero attached hydrogens (tertiary/aromatic N) is 2. The molecule has 0 saturated carbocycles. The third-order valence-corrected chi connectivity index (χ3v) is 4.01. The van der Waals surface area contributed by atoms with Crippen LogP contribution in [-0.4, -0.2) is 45.0 Å². The van der Waals surface area contributed by atoms with Gasteiger partial charge >= 0.3 is 0 Å². The van der Waals surface area contributed by atoms with Gasteiger partial charge in [0.05, 0.1) is 5.69 Å². The highest BCUT2D eigenvalue weighted by molar-refractivity contribution is 7.89. The lowest BCUT2D eigenvalue weighted by atomic mass is 10.3. The van der Waals surface area contributed by atoms with E-state index in [1.807, 2.05) is 25.9 Å². The Morgan fingerprint density at radius 1 is 1.50 bits per heavy atom. The summed E-state index contributed by atoms with van der Waals surface area (Å²) in [6, 6.07) is 3.24. The highest BCUT2D eigenvalue weighted by Crippen LogP contribution is 2.16. The lowest BCUT2D eigenvalue weighted by Crippen LogP contribution is -2.38. The van der Waals surface area contributed by atoms with Crippen LogP contribution in [0.2, 0.25) is 0 Å². The number of hydrazine groups is 1. The lowest BCUT2D eigenvalue weighted by molar-refractivity contribution is 0.314. The van der Waals surface area contributed by atoms with Crippen LogP contribution < -0.4 is 16.0 Å². The maximum absolute atomic E-state index is 12.1. The first-order valence-corrected chi connectivity index (χ1v) is 6.94. The number of pyridine rings is 1. The topological polar surface area (TPSA) is 100 Å². The van der Waals surface area contributed by atoms with Gasteiger partial charge in [-0.3, -0.25) is 5.84 Å². The van der Waals surface area contributed by atoms with Crippen molar-refractivity contribution in [1.29, 1.82) is 0 Å². The number of nitrogen functional groups attached to an aromatic ring is 1. The number of nitrogens with one attached hydrogen (secondary N) is 2. The number of hydrogen-bond donors (Lipinski definition) is 3. The number of rotatable bonds is 6. The van der Waals surface area contributed by atoms with Gasteiger partial charge in [0, 0.05) is 18.8 Å². The summed E-state index contributed by atoms with van der Waals surface area (Å²) in [6.45, 7) is 2.22. The molecule has 0 fully saturated rings. The van der Waals surface area contributed by atoms with Crippen LogP contribution in [-0.2, 0) is 10.0 Å². The first-order chi connectivity index (χ1) is 8.38. The number of hydrogen-bond acceptors (Lipinski definition) is 6. The van der Waals surface area contributed by atoms with Gasteiger partial charge in [-0.05, 0) is 33.2 Å². The number of anilines is 1. The standard InChI is InChI=1S/C10H19N5O2S/c1-8(15(2)3)7-13-18(16,17)10-9(14-11)5-4-6-12-10/h4-6,8,13-14H,7,11H2,1-3H3. The summed E-state index contributed by atoms with van der Waals surface area (Å²) < 4.78 is 26.6. The Bertz CT molecular complexity index is 489. The highest BCUT2D eigenvalue weighted by atomic mass is 32.2. The van der Waals surface area contributed by atoms with E-state index in [0.29, 0.717) is 6.54 Å². The largest absolute Gasteiger partial charge is 0.321 e. The minimum atomic E-state index is -3.66. The van der Waals surface area contributed by atoms with Crippen LogP contribution in [0.15, 0.2) is 23.4 Å². The molecule has 0 aliphatic carbocycles. The highest BCUT2D eigenvalue weighted by Gasteiger charge is 2.20. The molecule has 1 unspecified atom stereocenters. The van der Waals surface area contributed by atoms with E-state index in [0.717, 1.165) is 0 Å². The average molecular weight is 273 g/mol. The predicted molar refractivity (Wildman–Crippen MR) is 70.4 cm³/mol. The molecule has 1 rings (SSSR count). The molecule has 0 saturated heterocycles. The summed E-state index contributed by atoms with van der Waals surface area (Å²) in [6.07, 6.45) is 1.41. The number of aromatic nitrogens is 1. The molecule has 0 spiro atoms. The molecular weight excluding hydrogens is 254 g/mol. The van der Waals surface area contributed by atoms with E-state index in [4.69, 9.17) is 5.84 Å². The third-order valence-electron chi connectivity index (χ3n) is 2.63. The Morgan fingerprint density at radius 2 is 2.17 bits per heavy atom. The van der Waals surface area contributed by atoms with Crippen LogP contribution in [0.3, 0.4) is 0 Å². The van der Waals surface area contributed by atoms with E-state index in [9.17, 15) is 8.42 Å². The fraction of sp³-hybridized carbons (Fsp3) is 0.500. The molecule has 4 N–H and O–H groups in total. The molecule has 0 bridgehead atoms. The first kappa shape index (κ1) is 14.8. The molecule has 0 radical (unpaired) electrons. The summed E-state index contributed by atoms with van der Waals surface area (Å²) in [5.74, 6) is 5.26. The van der Waals surface area contributed by atoms with E-state index in [2.05, 4.69) is 15.1 Å². The van der Waals surface area contributed by atoms with Crippen molar-refractivity contribution in [1.82, 2.24) is 14.6 Å². The summed E-state index contributed by atoms with van der Waals surface area (Å²) in [4.78, 5) is 5.76. The van der Waals surface area contributed by atoms with Gasteiger partial charge in [0.1, 0.15) is 0 Å². The number of sulfonamides is 1. The van der Waals surface area contributed by atoms with Crippen LogP contribution in [0.25, 0.3) is 0 Å². The Labute approximate surface area is 107 Å². The molecule has 1 heterocycles. The molecule has 7 nitrogen and oxygen atoms in total. The van der Waals surface area contributed by atoms with E-state index in [1.165, 1.54) is 6.20 Å². The SMILES string of the molecule is CC(CNS(=O)(=O)c1ncccc1NN)N(C)C. The van der Waals surface area contributed by atoms with Crippen molar-refractivity contribution in [3.63, 3.8) is 0 Å². The Morgan fingerprint density at radius 3 is 2.72 bits per heavy atom. The number of likely N-dealkylation sites (N-methyl/N-ethyl adjacent to an activating group) is 1. The maximum atomic E-state index is 12.1. The lowest BCUT2D eigenvalue weighted by Gasteiger charge is -2.20. The molecule has 1 atom stereocenters. The van der Waals surface area contributed by atoms with Crippen LogP contribution in [0.5, 0.6) is 0 Å². The predicted octanol–water partition coefficient (Wildman–Crippen LogP) is -0.404. The first-order valence-electron chi connectivity index (χ1n) is 5.46. The van der Waals surface area contributed by atoms with E-state index in [-0.39, 0.29) is 16.8 Å². The van der Waals surface area contributed by atoms with E-state index >= 15 is 0 Å². The van der Waals surface area contributed by atoms with Crippen LogP contribution in [0, 0.1) is 0 Å². The summed E-state index contributed by atoms with van der Waals surface area (Å²) in [7, 11) is 0.101. The Balaban J connectivity index is 2.87. The smallest absolute Gasteiger partial charge is 0.260 e. The third kappa shape index (κ3) is 3.64. The fourth-order valence-corrected chi connectivity index (χ4v) is 2.41. The van der Waals surface area contributed by atoms with Crippen molar-refractivity contribution >= 4 is 15.7 Å². The second-order valence-corrected chi connectivity index (χ2v) is 5.85. The van der Waals surface area contributed by atoms with Gasteiger partial charge in [-0.2, -0.15) is 0 Å². The minimum absolute atomic E-state index is 0.0813. The van der Waals surface area contributed by atoms with Crippen molar-refractivity contribution in [3.05, 3.63) is 18.3 Å². The molecule has 8 heteroatoms. The molecule has 18 heavy (non-hydrogen) atoms. The summed E-state index contributed by atoms with van der Waals surface area (Å²) in [5.41, 5.74) is 2.59. The molecule has 1 aromatic rings. The molecule has 102 valence electrons. The van der Waals surface area contributed by atoms with Gasteiger partial charge in [-0.1, -0.05) is 0 Å². The average Bonchev–Trinajstić information content (AvgIpc) is 2.35. The van der Waals surface area contributed by atoms with Gasteiger partial charge in [-0.25, -0.2) is 18.1 Å². The van der Waals surface area contributed by atoms with Crippen molar-refractivity contribution in [2.75, 3.05) is 26.1 Å². The van der Waals surface area contributed by atoms with Crippen molar-refractivity contribution in [2.45, 2.75) is 18.0 Å². The van der Waals surface area contributed by atoms with Crippen molar-refractivity contribution in [3.8, 4) is 0 Å². The van der Waals surface area contributed by atoms with Gasteiger partial charge in [0.2, 0.25) is 0 Å². The zero-order valence-corrected chi connectivity index (χ0v) is 11.5. The summed E-state index contributed by atoms with van der Waals surface area (Å²) in [5, 5.41) is -0.0987. The molecule has 1 aromatic heterocycles. The maximum Gasteiger partial charge on any atom is 0.260 e. The zero-order chi connectivity index (χ0) is 13.8. The monoisotopic (exact) mass is 273 g/mol. The number of nitrogens with two attached hydrogens (primary N) is 1. The van der Waals surface area contributed by atoms with E-state index < -0.39 is 10.0 Å². The van der Waals surface area contributed by atoms with Crippen LogP contribution >= 0.6 is 0 Å². The molecule has 0 amide bonds. The molecule has 0 aliphatic rings. The van der Waals surface area contributed by atoms with Gasteiger partial charge < -0.3 is 10.3 Å². The second kappa shape index (κ2) is 6.10. The quantitative estimate of drug-likeness (QED) is 0.481.